The first-order valence-electron chi connectivity index (χ1n) is 6.60. The Hall–Kier alpha value is -3.88. The minimum Gasteiger partial charge on any atom is -0.506 e. The van der Waals surface area contributed by atoms with Gasteiger partial charge in [-0.1, -0.05) is 30.3 Å². The summed E-state index contributed by atoms with van der Waals surface area (Å²) in [5.41, 5.74) is -5.16. The van der Waals surface area contributed by atoms with Gasteiger partial charge in [0, 0.05) is 5.56 Å². The first-order chi connectivity index (χ1) is 11.7. The first-order valence-corrected chi connectivity index (χ1v) is 6.60. The van der Waals surface area contributed by atoms with Crippen LogP contribution in [0.3, 0.4) is 0 Å². The lowest BCUT2D eigenvalue weighted by atomic mass is 9.86. The molecular weight excluding hydrogens is 336 g/mol. The van der Waals surface area contributed by atoms with Crippen molar-refractivity contribution in [1.29, 1.82) is 0 Å². The number of carboxylic acid groups (broad SMARTS) is 4. The van der Waals surface area contributed by atoms with Gasteiger partial charge in [0.1, 0.15) is 16.9 Å². The highest BCUT2D eigenvalue weighted by atomic mass is 16.4. The van der Waals surface area contributed by atoms with Crippen LogP contribution >= 0.6 is 0 Å². The smallest absolute Gasteiger partial charge is 0.340 e. The van der Waals surface area contributed by atoms with Crippen molar-refractivity contribution in [2.24, 2.45) is 0 Å². The van der Waals surface area contributed by atoms with Crippen LogP contribution in [0.1, 0.15) is 41.4 Å². The SMILES string of the molecule is O=C(O)c1c(O)c(C(=O)O)c(-c2ccccc2)c(C(=O)O)c1C(=O)O. The summed E-state index contributed by atoms with van der Waals surface area (Å²) in [5.74, 6) is -8.89. The number of aromatic hydroxyl groups is 1. The fraction of sp³-hybridized carbons (Fsp3) is 0. The molecule has 0 aliphatic carbocycles. The maximum Gasteiger partial charge on any atom is 0.340 e. The molecule has 5 N–H and O–H groups in total. The van der Waals surface area contributed by atoms with E-state index in [0.717, 1.165) is 0 Å². The number of rotatable bonds is 5. The number of phenols is 1. The van der Waals surface area contributed by atoms with Gasteiger partial charge in [-0.3, -0.25) is 0 Å². The minimum absolute atomic E-state index is 0.00737. The maximum absolute atomic E-state index is 11.7. The Morgan fingerprint density at radius 2 is 1.04 bits per heavy atom. The number of aromatic carboxylic acids is 4. The van der Waals surface area contributed by atoms with Crippen LogP contribution in [0, 0.1) is 0 Å². The van der Waals surface area contributed by atoms with Crippen LogP contribution in [0.25, 0.3) is 11.1 Å². The summed E-state index contributed by atoms with van der Waals surface area (Å²) in [5, 5.41) is 47.3. The molecule has 0 unspecified atom stereocenters. The van der Waals surface area contributed by atoms with Crippen LogP contribution in [0.15, 0.2) is 30.3 Å². The molecule has 2 aromatic carbocycles. The van der Waals surface area contributed by atoms with E-state index in [2.05, 4.69) is 0 Å². The third-order valence-electron chi connectivity index (χ3n) is 3.39. The predicted octanol–water partition coefficient (Wildman–Crippen LogP) is 1.85. The molecule has 0 heterocycles. The monoisotopic (exact) mass is 346 g/mol. The van der Waals surface area contributed by atoms with Crippen molar-refractivity contribution in [3.63, 3.8) is 0 Å². The Bertz CT molecular complexity index is 913. The lowest BCUT2D eigenvalue weighted by Crippen LogP contribution is -2.19. The second-order valence-electron chi connectivity index (χ2n) is 4.81. The molecule has 0 radical (unpaired) electrons. The van der Waals surface area contributed by atoms with E-state index in [1.54, 1.807) is 6.07 Å². The lowest BCUT2D eigenvalue weighted by molar-refractivity contribution is 0.0629. The fourth-order valence-electron chi connectivity index (χ4n) is 2.47. The molecule has 0 fully saturated rings. The van der Waals surface area contributed by atoms with Crippen molar-refractivity contribution in [3.05, 3.63) is 52.6 Å². The molecule has 0 aliphatic heterocycles. The molecule has 0 aliphatic rings. The average Bonchev–Trinajstić information content (AvgIpc) is 2.53. The van der Waals surface area contributed by atoms with Gasteiger partial charge in [-0.05, 0) is 5.56 Å². The van der Waals surface area contributed by atoms with Crippen LogP contribution in [-0.2, 0) is 0 Å². The summed E-state index contributed by atoms with van der Waals surface area (Å²) in [6.45, 7) is 0. The molecule has 2 aromatic rings. The highest BCUT2D eigenvalue weighted by Gasteiger charge is 2.36. The molecule has 25 heavy (non-hydrogen) atoms. The van der Waals surface area contributed by atoms with Crippen molar-refractivity contribution >= 4 is 23.9 Å². The maximum atomic E-state index is 11.7. The van der Waals surface area contributed by atoms with Gasteiger partial charge >= 0.3 is 23.9 Å². The van der Waals surface area contributed by atoms with Gasteiger partial charge in [0.15, 0.2) is 0 Å². The van der Waals surface area contributed by atoms with Gasteiger partial charge in [0.25, 0.3) is 0 Å². The number of hydrogen-bond acceptors (Lipinski definition) is 5. The highest BCUT2D eigenvalue weighted by Crippen LogP contribution is 2.39. The molecule has 0 amide bonds. The standard InChI is InChI=1S/C16H10O9/c17-12-10(15(22)23)7(6-4-2-1-3-5-6)8(13(18)19)9(14(20)21)11(12)16(24)25/h1-5,17H,(H,18,19)(H,20,21)(H,22,23)(H,24,25). The zero-order valence-electron chi connectivity index (χ0n) is 12.3. The first kappa shape index (κ1) is 17.5. The molecule has 0 aromatic heterocycles. The summed E-state index contributed by atoms with van der Waals surface area (Å²) in [7, 11) is 0. The van der Waals surface area contributed by atoms with Crippen LogP contribution < -0.4 is 0 Å². The van der Waals surface area contributed by atoms with E-state index >= 15 is 0 Å². The van der Waals surface area contributed by atoms with Crippen LogP contribution in [-0.4, -0.2) is 49.4 Å². The number of benzene rings is 2. The summed E-state index contributed by atoms with van der Waals surface area (Å²) in [6, 6.07) is 7.04. The molecule has 2 rings (SSSR count). The Morgan fingerprint density at radius 1 is 0.600 bits per heavy atom. The number of carbonyl (C=O) groups is 4. The topological polar surface area (TPSA) is 169 Å². The summed E-state index contributed by atoms with van der Waals surface area (Å²) in [4.78, 5) is 46.0. The van der Waals surface area contributed by atoms with Gasteiger partial charge in [0.2, 0.25) is 0 Å². The van der Waals surface area contributed by atoms with Crippen molar-refractivity contribution in [2.75, 3.05) is 0 Å². The number of carboxylic acids is 4. The van der Waals surface area contributed by atoms with Crippen LogP contribution in [0.5, 0.6) is 5.75 Å². The molecular formula is C16H10O9. The van der Waals surface area contributed by atoms with Gasteiger partial charge in [-0.2, -0.15) is 0 Å². The molecule has 0 spiro atoms. The second-order valence-corrected chi connectivity index (χ2v) is 4.81. The molecule has 128 valence electrons. The second kappa shape index (κ2) is 6.32. The molecule has 9 nitrogen and oxygen atoms in total. The van der Waals surface area contributed by atoms with Gasteiger partial charge in [-0.25, -0.2) is 19.2 Å². The van der Waals surface area contributed by atoms with Gasteiger partial charge in [0.05, 0.1) is 11.1 Å². The summed E-state index contributed by atoms with van der Waals surface area (Å²) < 4.78 is 0. The zero-order chi connectivity index (χ0) is 18.9. The van der Waals surface area contributed by atoms with E-state index < -0.39 is 57.4 Å². The Labute approximate surface area is 139 Å². The molecule has 0 atom stereocenters. The molecule has 9 heteroatoms. The minimum atomic E-state index is -1.97. The summed E-state index contributed by atoms with van der Waals surface area (Å²) >= 11 is 0. The predicted molar refractivity (Wildman–Crippen MR) is 81.4 cm³/mol. The fourth-order valence-corrected chi connectivity index (χ4v) is 2.47. The third kappa shape index (κ3) is 2.85. The normalized spacial score (nSPS) is 10.2. The highest BCUT2D eigenvalue weighted by molar-refractivity contribution is 6.18. The van der Waals surface area contributed by atoms with Crippen LogP contribution in [0.2, 0.25) is 0 Å². The molecule has 0 saturated carbocycles. The Kier molecular flexibility index (Phi) is 4.42. The van der Waals surface area contributed by atoms with Gasteiger partial charge < -0.3 is 25.5 Å². The van der Waals surface area contributed by atoms with Crippen molar-refractivity contribution < 1.29 is 44.7 Å². The van der Waals surface area contributed by atoms with E-state index in [1.807, 2.05) is 0 Å². The molecule has 0 saturated heterocycles. The van der Waals surface area contributed by atoms with E-state index in [4.69, 9.17) is 5.11 Å². The molecule has 0 bridgehead atoms. The zero-order valence-corrected chi connectivity index (χ0v) is 12.3. The van der Waals surface area contributed by atoms with Crippen molar-refractivity contribution in [2.45, 2.75) is 0 Å². The Morgan fingerprint density at radius 3 is 1.44 bits per heavy atom. The van der Waals surface area contributed by atoms with Gasteiger partial charge in [-0.15, -0.1) is 0 Å². The van der Waals surface area contributed by atoms with Crippen molar-refractivity contribution in [1.82, 2.24) is 0 Å². The van der Waals surface area contributed by atoms with E-state index in [0.29, 0.717) is 0 Å². The van der Waals surface area contributed by atoms with Crippen molar-refractivity contribution in [3.8, 4) is 16.9 Å². The third-order valence-corrected chi connectivity index (χ3v) is 3.39. The largest absolute Gasteiger partial charge is 0.506 e. The average molecular weight is 346 g/mol. The summed E-state index contributed by atoms with van der Waals surface area (Å²) in [6.07, 6.45) is 0. The van der Waals surface area contributed by atoms with Crippen LogP contribution in [0.4, 0.5) is 0 Å². The quantitative estimate of drug-likeness (QED) is 0.542. The van der Waals surface area contributed by atoms with E-state index in [1.165, 1.54) is 24.3 Å². The van der Waals surface area contributed by atoms with E-state index in [-0.39, 0.29) is 5.56 Å². The number of hydrogen-bond donors (Lipinski definition) is 5. The van der Waals surface area contributed by atoms with E-state index in [9.17, 15) is 39.6 Å². The Balaban J connectivity index is 3.20. The lowest BCUT2D eigenvalue weighted by Gasteiger charge is -2.17.